The molecule has 1 aliphatic carbocycles. The van der Waals surface area contributed by atoms with Gasteiger partial charge in [-0.3, -0.25) is 4.79 Å². The third-order valence-electron chi connectivity index (χ3n) is 2.99. The van der Waals surface area contributed by atoms with E-state index in [1.54, 1.807) is 10.9 Å². The Kier molecular flexibility index (Phi) is 2.80. The first-order valence-electron chi connectivity index (χ1n) is 6.09. The Morgan fingerprint density at radius 1 is 1.33 bits per heavy atom. The molecule has 0 bridgehead atoms. The molecule has 5 nitrogen and oxygen atoms in total. The Labute approximate surface area is 105 Å². The molecule has 18 heavy (non-hydrogen) atoms. The highest BCUT2D eigenvalue weighted by Gasteiger charge is 2.22. The number of amides is 1. The maximum Gasteiger partial charge on any atom is 0.273 e. The van der Waals surface area contributed by atoms with Gasteiger partial charge in [-0.1, -0.05) is 23.4 Å². The van der Waals surface area contributed by atoms with E-state index in [1.807, 2.05) is 30.3 Å². The van der Waals surface area contributed by atoms with Gasteiger partial charge in [-0.25, -0.2) is 4.68 Å². The number of rotatable bonds is 4. The summed E-state index contributed by atoms with van der Waals surface area (Å²) in [6, 6.07) is 9.61. The maximum atomic E-state index is 11.8. The average Bonchev–Trinajstić information content (AvgIpc) is 3.11. The molecular weight excluding hydrogens is 228 g/mol. The first-order chi connectivity index (χ1) is 8.83. The van der Waals surface area contributed by atoms with Crippen LogP contribution in [0.2, 0.25) is 0 Å². The lowest BCUT2D eigenvalue weighted by Gasteiger charge is -1.99. The number of aromatic nitrogens is 3. The molecule has 92 valence electrons. The summed E-state index contributed by atoms with van der Waals surface area (Å²) in [6.07, 6.45) is 4.09. The summed E-state index contributed by atoms with van der Waals surface area (Å²) in [7, 11) is 0. The van der Waals surface area contributed by atoms with Gasteiger partial charge >= 0.3 is 0 Å². The lowest BCUT2D eigenvalue weighted by atomic mass is 10.3. The molecule has 1 aromatic heterocycles. The second-order valence-corrected chi connectivity index (χ2v) is 4.54. The maximum absolute atomic E-state index is 11.8. The first-order valence-corrected chi connectivity index (χ1v) is 6.09. The van der Waals surface area contributed by atoms with Crippen molar-refractivity contribution in [1.29, 1.82) is 0 Å². The molecule has 1 fully saturated rings. The molecule has 2 aromatic rings. The van der Waals surface area contributed by atoms with Crippen molar-refractivity contribution in [3.05, 3.63) is 42.2 Å². The molecule has 3 rings (SSSR count). The van der Waals surface area contributed by atoms with Gasteiger partial charge in [0.2, 0.25) is 0 Å². The topological polar surface area (TPSA) is 59.8 Å². The van der Waals surface area contributed by atoms with E-state index < -0.39 is 0 Å². The van der Waals surface area contributed by atoms with Crippen LogP contribution >= 0.6 is 0 Å². The molecule has 0 spiro atoms. The largest absolute Gasteiger partial charge is 0.350 e. The number of carbonyl (C=O) groups excluding carboxylic acids is 1. The van der Waals surface area contributed by atoms with Crippen LogP contribution < -0.4 is 5.32 Å². The van der Waals surface area contributed by atoms with Gasteiger partial charge in [0, 0.05) is 6.54 Å². The van der Waals surface area contributed by atoms with Gasteiger partial charge in [0.15, 0.2) is 5.69 Å². The number of para-hydroxylation sites is 1. The van der Waals surface area contributed by atoms with Crippen LogP contribution in [0.3, 0.4) is 0 Å². The molecule has 1 aromatic carbocycles. The predicted octanol–water partition coefficient (Wildman–Crippen LogP) is 1.41. The molecule has 1 amide bonds. The summed E-state index contributed by atoms with van der Waals surface area (Å²) < 4.78 is 1.60. The Hall–Kier alpha value is -2.17. The molecule has 0 saturated heterocycles. The minimum absolute atomic E-state index is 0.149. The van der Waals surface area contributed by atoms with Crippen molar-refractivity contribution in [2.75, 3.05) is 6.54 Å². The monoisotopic (exact) mass is 242 g/mol. The molecule has 1 N–H and O–H groups in total. The van der Waals surface area contributed by atoms with Crippen LogP contribution in [0.1, 0.15) is 23.3 Å². The van der Waals surface area contributed by atoms with Gasteiger partial charge in [0.05, 0.1) is 11.9 Å². The molecule has 0 unspecified atom stereocenters. The van der Waals surface area contributed by atoms with E-state index in [1.165, 1.54) is 12.8 Å². The fraction of sp³-hybridized carbons (Fsp3) is 0.308. The number of carbonyl (C=O) groups is 1. The van der Waals surface area contributed by atoms with E-state index in [9.17, 15) is 4.79 Å². The van der Waals surface area contributed by atoms with Gasteiger partial charge < -0.3 is 5.32 Å². The van der Waals surface area contributed by atoms with Crippen LogP contribution in [-0.2, 0) is 0 Å². The summed E-state index contributed by atoms with van der Waals surface area (Å²) in [5.41, 5.74) is 1.26. The number of hydrogen-bond acceptors (Lipinski definition) is 3. The second-order valence-electron chi connectivity index (χ2n) is 4.54. The second kappa shape index (κ2) is 4.60. The lowest BCUT2D eigenvalue weighted by Crippen LogP contribution is -2.25. The lowest BCUT2D eigenvalue weighted by molar-refractivity contribution is 0.0946. The molecule has 1 aliphatic rings. The molecule has 5 heteroatoms. The van der Waals surface area contributed by atoms with Crippen LogP contribution in [0.15, 0.2) is 36.5 Å². The Morgan fingerprint density at radius 3 is 2.83 bits per heavy atom. The third-order valence-corrected chi connectivity index (χ3v) is 2.99. The summed E-state index contributed by atoms with van der Waals surface area (Å²) in [6.45, 7) is 0.747. The normalized spacial score (nSPS) is 14.4. The summed E-state index contributed by atoms with van der Waals surface area (Å²) in [5, 5.41) is 10.7. The minimum Gasteiger partial charge on any atom is -0.350 e. The van der Waals surface area contributed by atoms with Crippen LogP contribution in [-0.4, -0.2) is 27.4 Å². The van der Waals surface area contributed by atoms with Crippen molar-refractivity contribution in [2.45, 2.75) is 12.8 Å². The average molecular weight is 242 g/mol. The highest BCUT2D eigenvalue weighted by atomic mass is 16.2. The summed E-state index contributed by atoms with van der Waals surface area (Å²) in [4.78, 5) is 11.8. The standard InChI is InChI=1S/C13H14N4O/c18-13(14-8-10-6-7-10)12-9-17(16-15-12)11-4-2-1-3-5-11/h1-5,9-10H,6-8H2,(H,14,18). The molecule has 0 aliphatic heterocycles. The van der Waals surface area contributed by atoms with Crippen LogP contribution in [0.25, 0.3) is 5.69 Å². The minimum atomic E-state index is -0.149. The zero-order chi connectivity index (χ0) is 12.4. The first kappa shape index (κ1) is 11.0. The van der Waals surface area contributed by atoms with Crippen molar-refractivity contribution in [1.82, 2.24) is 20.3 Å². The van der Waals surface area contributed by atoms with E-state index in [4.69, 9.17) is 0 Å². The summed E-state index contributed by atoms with van der Waals surface area (Å²) >= 11 is 0. The SMILES string of the molecule is O=C(NCC1CC1)c1cn(-c2ccccc2)nn1. The van der Waals surface area contributed by atoms with Crippen molar-refractivity contribution < 1.29 is 4.79 Å². The zero-order valence-electron chi connectivity index (χ0n) is 9.91. The highest BCUT2D eigenvalue weighted by molar-refractivity contribution is 5.91. The number of nitrogens with zero attached hydrogens (tertiary/aromatic N) is 3. The third kappa shape index (κ3) is 2.40. The van der Waals surface area contributed by atoms with Crippen LogP contribution in [0, 0.1) is 5.92 Å². The van der Waals surface area contributed by atoms with E-state index in [0.717, 1.165) is 12.2 Å². The fourth-order valence-corrected chi connectivity index (χ4v) is 1.72. The molecule has 1 saturated carbocycles. The van der Waals surface area contributed by atoms with Gasteiger partial charge in [-0.05, 0) is 30.9 Å². The summed E-state index contributed by atoms with van der Waals surface area (Å²) in [5.74, 6) is 0.516. The van der Waals surface area contributed by atoms with Gasteiger partial charge in [0.1, 0.15) is 0 Å². The Bertz CT molecular complexity index is 545. The van der Waals surface area contributed by atoms with Crippen molar-refractivity contribution in [2.24, 2.45) is 5.92 Å². The molecular formula is C13H14N4O. The Morgan fingerprint density at radius 2 is 2.11 bits per heavy atom. The van der Waals surface area contributed by atoms with Gasteiger partial charge in [-0.15, -0.1) is 5.10 Å². The molecule has 1 heterocycles. The zero-order valence-corrected chi connectivity index (χ0v) is 9.91. The number of hydrogen-bond donors (Lipinski definition) is 1. The van der Waals surface area contributed by atoms with Crippen molar-refractivity contribution in [3.8, 4) is 5.69 Å². The smallest absolute Gasteiger partial charge is 0.273 e. The quantitative estimate of drug-likeness (QED) is 0.881. The van der Waals surface area contributed by atoms with Gasteiger partial charge in [-0.2, -0.15) is 0 Å². The number of nitrogens with one attached hydrogen (secondary N) is 1. The van der Waals surface area contributed by atoms with Crippen LogP contribution in [0.4, 0.5) is 0 Å². The Balaban J connectivity index is 1.70. The van der Waals surface area contributed by atoms with E-state index in [0.29, 0.717) is 11.6 Å². The van der Waals surface area contributed by atoms with Crippen molar-refractivity contribution >= 4 is 5.91 Å². The van der Waals surface area contributed by atoms with E-state index in [2.05, 4.69) is 15.6 Å². The number of benzene rings is 1. The molecule has 0 radical (unpaired) electrons. The predicted molar refractivity (Wildman–Crippen MR) is 66.4 cm³/mol. The van der Waals surface area contributed by atoms with E-state index >= 15 is 0 Å². The molecule has 0 atom stereocenters. The van der Waals surface area contributed by atoms with E-state index in [-0.39, 0.29) is 5.91 Å². The fourth-order valence-electron chi connectivity index (χ4n) is 1.72. The van der Waals surface area contributed by atoms with Crippen molar-refractivity contribution in [3.63, 3.8) is 0 Å². The van der Waals surface area contributed by atoms with Crippen LogP contribution in [0.5, 0.6) is 0 Å². The van der Waals surface area contributed by atoms with Gasteiger partial charge in [0.25, 0.3) is 5.91 Å². The highest BCUT2D eigenvalue weighted by Crippen LogP contribution is 2.27.